The summed E-state index contributed by atoms with van der Waals surface area (Å²) in [6.07, 6.45) is -4.29. The van der Waals surface area contributed by atoms with E-state index in [1.807, 2.05) is 64.2 Å². The molecule has 146 valence electrons. The first-order chi connectivity index (χ1) is 12.0. The molecule has 0 saturated carbocycles. The third-order valence-corrected chi connectivity index (χ3v) is 9.35. The second-order valence-electron chi connectivity index (χ2n) is 7.99. The van der Waals surface area contributed by atoms with Crippen molar-refractivity contribution in [3.63, 3.8) is 0 Å². The van der Waals surface area contributed by atoms with Gasteiger partial charge in [0, 0.05) is 0 Å². The summed E-state index contributed by atoms with van der Waals surface area (Å²) in [4.78, 5) is 17.8. The van der Waals surface area contributed by atoms with Crippen LogP contribution in [0, 0.1) is 0 Å². The van der Waals surface area contributed by atoms with E-state index in [9.17, 15) is 15.0 Å². The molecule has 0 bridgehead atoms. The van der Waals surface area contributed by atoms with Gasteiger partial charge in [-0.25, -0.2) is 4.79 Å². The van der Waals surface area contributed by atoms with Gasteiger partial charge >= 0.3 is 6.09 Å². The first kappa shape index (κ1) is 20.9. The van der Waals surface area contributed by atoms with Crippen molar-refractivity contribution in [1.82, 2.24) is 5.06 Å². The van der Waals surface area contributed by atoms with Crippen molar-refractivity contribution in [2.45, 2.75) is 63.9 Å². The Morgan fingerprint density at radius 2 is 1.88 bits per heavy atom. The molecule has 2 N–H and O–H groups in total. The van der Waals surface area contributed by atoms with E-state index in [2.05, 4.69) is 0 Å². The highest BCUT2D eigenvalue weighted by Crippen LogP contribution is 2.38. The van der Waals surface area contributed by atoms with E-state index in [0.717, 1.165) is 10.6 Å². The van der Waals surface area contributed by atoms with E-state index in [4.69, 9.17) is 14.0 Å². The quantitative estimate of drug-likeness (QED) is 0.777. The number of amides is 1. The van der Waals surface area contributed by atoms with Crippen LogP contribution in [0.5, 0.6) is 0 Å². The third-order valence-electron chi connectivity index (χ3n) is 4.91. The van der Waals surface area contributed by atoms with E-state index < -0.39 is 32.8 Å². The van der Waals surface area contributed by atoms with Gasteiger partial charge in [0.25, 0.3) is 0 Å². The lowest BCUT2D eigenvalue weighted by atomic mass is 10.1. The maximum absolute atomic E-state index is 12.5. The molecule has 0 aromatic heterocycles. The normalized spacial score (nSPS) is 24.4. The molecule has 1 amide bonds. The molecule has 26 heavy (non-hydrogen) atoms. The summed E-state index contributed by atoms with van der Waals surface area (Å²) in [7, 11) is -2.34. The zero-order valence-corrected chi connectivity index (χ0v) is 17.0. The second kappa shape index (κ2) is 8.06. The molecule has 1 aromatic rings. The van der Waals surface area contributed by atoms with Crippen LogP contribution in [0.15, 0.2) is 30.3 Å². The Morgan fingerprint density at radius 3 is 2.46 bits per heavy atom. The van der Waals surface area contributed by atoms with Crippen LogP contribution in [0.3, 0.4) is 0 Å². The summed E-state index contributed by atoms with van der Waals surface area (Å²) in [5.41, 5.74) is 0.834. The van der Waals surface area contributed by atoms with Crippen molar-refractivity contribution in [3.8, 4) is 0 Å². The molecule has 0 aliphatic carbocycles. The number of hydrogen-bond donors (Lipinski definition) is 2. The van der Waals surface area contributed by atoms with Crippen LogP contribution >= 0.6 is 0 Å². The van der Waals surface area contributed by atoms with Crippen molar-refractivity contribution >= 4 is 14.4 Å². The predicted octanol–water partition coefficient (Wildman–Crippen LogP) is 2.64. The summed E-state index contributed by atoms with van der Waals surface area (Å²) in [6, 6.07) is 9.26. The second-order valence-corrected chi connectivity index (χ2v) is 12.7. The van der Waals surface area contributed by atoms with Gasteiger partial charge in [0.2, 0.25) is 0 Å². The van der Waals surface area contributed by atoms with Crippen LogP contribution in [0.4, 0.5) is 4.79 Å². The zero-order valence-electron chi connectivity index (χ0n) is 16.0. The molecule has 3 atom stereocenters. The highest BCUT2D eigenvalue weighted by molar-refractivity contribution is 6.74. The number of rotatable bonds is 4. The molecule has 2 rings (SSSR count). The average molecular weight is 384 g/mol. The molecule has 1 fully saturated rings. The van der Waals surface area contributed by atoms with E-state index >= 15 is 0 Å². The number of ether oxygens (including phenoxy) is 1. The molecule has 1 aliphatic heterocycles. The smallest absolute Gasteiger partial charge is 0.436 e. The van der Waals surface area contributed by atoms with E-state index in [0.29, 0.717) is 0 Å². The molecule has 0 spiro atoms. The number of hydrogen-bond acceptors (Lipinski definition) is 6. The van der Waals surface area contributed by atoms with E-state index in [-0.39, 0.29) is 18.3 Å². The van der Waals surface area contributed by atoms with Crippen LogP contribution in [-0.4, -0.2) is 54.7 Å². The van der Waals surface area contributed by atoms with Crippen LogP contribution < -0.4 is 0 Å². The Morgan fingerprint density at radius 1 is 1.27 bits per heavy atom. The van der Waals surface area contributed by atoms with Crippen molar-refractivity contribution < 1.29 is 29.0 Å². The fraction of sp³-hybridized carbons (Fsp3) is 0.611. The van der Waals surface area contributed by atoms with E-state index in [1.165, 1.54) is 0 Å². The molecule has 1 aliphatic rings. The first-order valence-corrected chi connectivity index (χ1v) is 11.6. The minimum Gasteiger partial charge on any atom is -0.443 e. The fourth-order valence-corrected chi connectivity index (χ4v) is 3.39. The Labute approximate surface area is 155 Å². The minimum atomic E-state index is -2.34. The van der Waals surface area contributed by atoms with Crippen LogP contribution in [0.25, 0.3) is 0 Å². The minimum absolute atomic E-state index is 0.0744. The molecule has 8 heteroatoms. The highest BCUT2D eigenvalue weighted by Gasteiger charge is 2.48. The Hall–Kier alpha value is -1.45. The number of carbonyl (C=O) groups excluding carboxylic acids is 1. The molecule has 0 radical (unpaired) electrons. The lowest BCUT2D eigenvalue weighted by Crippen LogP contribution is -2.62. The van der Waals surface area contributed by atoms with Crippen molar-refractivity contribution in [2.75, 3.05) is 6.61 Å². The predicted molar refractivity (Wildman–Crippen MR) is 98.5 cm³/mol. The van der Waals surface area contributed by atoms with Gasteiger partial charge in [-0.15, -0.1) is 0 Å². The number of hydroxylamine groups is 2. The molecule has 1 aromatic carbocycles. The third kappa shape index (κ3) is 4.83. The van der Waals surface area contributed by atoms with Gasteiger partial charge < -0.3 is 19.4 Å². The number of aliphatic hydroxyl groups is 2. The molecule has 1 saturated heterocycles. The lowest BCUT2D eigenvalue weighted by molar-refractivity contribution is -0.293. The fourth-order valence-electron chi connectivity index (χ4n) is 2.19. The Balaban J connectivity index is 2.11. The average Bonchev–Trinajstić information content (AvgIpc) is 2.57. The molecule has 7 nitrogen and oxygen atoms in total. The van der Waals surface area contributed by atoms with Gasteiger partial charge in [0.1, 0.15) is 25.4 Å². The number of aliphatic hydroxyl groups excluding tert-OH is 2. The van der Waals surface area contributed by atoms with Crippen LogP contribution in [-0.2, 0) is 20.6 Å². The van der Waals surface area contributed by atoms with Crippen LogP contribution in [0.1, 0.15) is 26.3 Å². The number of benzene rings is 1. The summed E-state index contributed by atoms with van der Waals surface area (Å²) in [5, 5.41) is 21.1. The number of nitrogens with zero attached hydrogens (tertiary/aromatic N) is 1. The first-order valence-electron chi connectivity index (χ1n) is 8.70. The van der Waals surface area contributed by atoms with E-state index in [1.54, 1.807) is 0 Å². The zero-order chi connectivity index (χ0) is 19.5. The van der Waals surface area contributed by atoms with Gasteiger partial charge in [-0.05, 0) is 23.7 Å². The van der Waals surface area contributed by atoms with Gasteiger partial charge in [-0.1, -0.05) is 51.1 Å². The largest absolute Gasteiger partial charge is 0.443 e. The van der Waals surface area contributed by atoms with Gasteiger partial charge in [-0.2, -0.15) is 5.06 Å². The SMILES string of the molecule is CC(C)(C)[Si](C)(C)O[C@@H]1[C@@H](O)[C@@H](O)CON1C(=O)OCc1ccccc1. The summed E-state index contributed by atoms with van der Waals surface area (Å²) in [6.45, 7) is 9.99. The summed E-state index contributed by atoms with van der Waals surface area (Å²) in [5.74, 6) is 0. The van der Waals surface area contributed by atoms with Crippen molar-refractivity contribution in [1.29, 1.82) is 0 Å². The standard InChI is InChI=1S/C18H29NO6Si/c1-18(2,3)26(4,5)25-16-15(21)14(20)12-24-19(16)17(22)23-11-13-9-7-6-8-10-13/h6-10,14-16,20-21H,11-12H2,1-5H3/t14-,15-,16+/m0/s1. The molecular formula is C18H29NO6Si. The Kier molecular flexibility index (Phi) is 6.46. The maximum atomic E-state index is 12.5. The highest BCUT2D eigenvalue weighted by atomic mass is 28.4. The van der Waals surface area contributed by atoms with Crippen molar-refractivity contribution in [3.05, 3.63) is 35.9 Å². The monoisotopic (exact) mass is 383 g/mol. The lowest BCUT2D eigenvalue weighted by Gasteiger charge is -2.45. The van der Waals surface area contributed by atoms with Gasteiger partial charge in [0.05, 0.1) is 0 Å². The molecular weight excluding hydrogens is 354 g/mol. The number of carbonyl (C=O) groups is 1. The van der Waals surface area contributed by atoms with Crippen LogP contribution in [0.2, 0.25) is 18.1 Å². The van der Waals surface area contributed by atoms with Gasteiger partial charge in [0.15, 0.2) is 14.5 Å². The van der Waals surface area contributed by atoms with Crippen molar-refractivity contribution in [2.24, 2.45) is 0 Å². The Bertz CT molecular complexity index is 603. The molecule has 0 unspecified atom stereocenters. The summed E-state index contributed by atoms with van der Waals surface area (Å²) >= 11 is 0. The summed E-state index contributed by atoms with van der Waals surface area (Å²) < 4.78 is 11.4. The topological polar surface area (TPSA) is 88.5 Å². The molecule has 1 heterocycles. The maximum Gasteiger partial charge on any atom is 0.436 e. The van der Waals surface area contributed by atoms with Gasteiger partial charge in [-0.3, -0.25) is 4.84 Å².